The van der Waals surface area contributed by atoms with Crippen LogP contribution in [0.5, 0.6) is 0 Å². The van der Waals surface area contributed by atoms with Crippen LogP contribution < -0.4 is 5.32 Å². The Bertz CT molecular complexity index is 722. The predicted octanol–water partition coefficient (Wildman–Crippen LogP) is 2.96. The van der Waals surface area contributed by atoms with Crippen LogP contribution in [0.3, 0.4) is 0 Å². The highest BCUT2D eigenvalue weighted by Gasteiger charge is 2.29. The van der Waals surface area contributed by atoms with Crippen LogP contribution in [-0.2, 0) is 4.74 Å². The average Bonchev–Trinajstić information content (AvgIpc) is 3.03. The number of amides is 1. The van der Waals surface area contributed by atoms with E-state index in [1.165, 1.54) is 0 Å². The number of thiazole rings is 1. The summed E-state index contributed by atoms with van der Waals surface area (Å²) in [7, 11) is 0. The van der Waals surface area contributed by atoms with E-state index in [1.807, 2.05) is 37.3 Å². The summed E-state index contributed by atoms with van der Waals surface area (Å²) in [5, 5.41) is 3.98. The molecule has 5 nitrogen and oxygen atoms in total. The molecule has 0 bridgehead atoms. The third-order valence-corrected chi connectivity index (χ3v) is 5.55. The number of hydrogen-bond acceptors (Lipinski definition) is 5. The maximum Gasteiger partial charge on any atom is 0.271 e. The molecule has 1 aromatic carbocycles. The Balaban J connectivity index is 1.71. The van der Waals surface area contributed by atoms with Crippen LogP contribution in [-0.4, -0.2) is 54.2 Å². The lowest BCUT2D eigenvalue weighted by Crippen LogP contribution is -2.55. The van der Waals surface area contributed by atoms with Gasteiger partial charge in [0.1, 0.15) is 5.69 Å². The number of rotatable bonds is 5. The summed E-state index contributed by atoms with van der Waals surface area (Å²) < 4.78 is 5.42. The van der Waals surface area contributed by atoms with Crippen LogP contribution in [0.25, 0.3) is 10.4 Å². The maximum absolute atomic E-state index is 12.8. The first kappa shape index (κ1) is 18.0. The Hall–Kier alpha value is -1.76. The van der Waals surface area contributed by atoms with Crippen LogP contribution >= 0.6 is 11.3 Å². The van der Waals surface area contributed by atoms with Crippen molar-refractivity contribution in [3.05, 3.63) is 41.0 Å². The Labute approximate surface area is 153 Å². The topological polar surface area (TPSA) is 54.5 Å². The van der Waals surface area contributed by atoms with Gasteiger partial charge in [-0.25, -0.2) is 4.98 Å². The van der Waals surface area contributed by atoms with Gasteiger partial charge < -0.3 is 10.1 Å². The second-order valence-corrected chi connectivity index (χ2v) is 8.07. The van der Waals surface area contributed by atoms with Crippen molar-refractivity contribution >= 4 is 17.2 Å². The van der Waals surface area contributed by atoms with Crippen LogP contribution in [0.15, 0.2) is 30.3 Å². The highest BCUT2D eigenvalue weighted by atomic mass is 32.1. The molecule has 1 aromatic heterocycles. The molecule has 0 radical (unpaired) electrons. The van der Waals surface area contributed by atoms with E-state index in [-0.39, 0.29) is 11.4 Å². The summed E-state index contributed by atoms with van der Waals surface area (Å²) in [6, 6.07) is 9.96. The zero-order valence-electron chi connectivity index (χ0n) is 15.0. The van der Waals surface area contributed by atoms with Gasteiger partial charge in [0.15, 0.2) is 0 Å². The van der Waals surface area contributed by atoms with Gasteiger partial charge in [0.2, 0.25) is 0 Å². The third kappa shape index (κ3) is 4.26. The summed E-state index contributed by atoms with van der Waals surface area (Å²) in [5.74, 6) is -0.107. The van der Waals surface area contributed by atoms with Crippen molar-refractivity contribution in [2.45, 2.75) is 26.3 Å². The van der Waals surface area contributed by atoms with Gasteiger partial charge in [0, 0.05) is 25.2 Å². The number of ether oxygens (including phenoxy) is 1. The molecule has 0 spiro atoms. The molecule has 134 valence electrons. The Kier molecular flexibility index (Phi) is 5.51. The van der Waals surface area contributed by atoms with Crippen molar-refractivity contribution in [2.24, 2.45) is 0 Å². The first-order valence-corrected chi connectivity index (χ1v) is 9.43. The largest absolute Gasteiger partial charge is 0.379 e. The first-order valence-electron chi connectivity index (χ1n) is 8.61. The molecule has 1 aliphatic heterocycles. The molecule has 1 saturated heterocycles. The van der Waals surface area contributed by atoms with Gasteiger partial charge in [0.25, 0.3) is 5.91 Å². The molecule has 0 atom stereocenters. The lowest BCUT2D eigenvalue weighted by molar-refractivity contribution is -0.00924. The predicted molar refractivity (Wildman–Crippen MR) is 101 cm³/mol. The highest BCUT2D eigenvalue weighted by molar-refractivity contribution is 7.15. The SMILES string of the molecule is Cc1nc(C(=O)NCC(C)(C)N2CCOCC2)c(-c2ccccc2)s1. The molecule has 1 N–H and O–H groups in total. The number of carbonyl (C=O) groups excluding carboxylic acids is 1. The molecule has 2 aromatic rings. The molecule has 1 aliphatic rings. The lowest BCUT2D eigenvalue weighted by atomic mass is 10.0. The van der Waals surface area contributed by atoms with Gasteiger partial charge in [-0.2, -0.15) is 0 Å². The van der Waals surface area contributed by atoms with Crippen LogP contribution in [0.4, 0.5) is 0 Å². The summed E-state index contributed by atoms with van der Waals surface area (Å²) >= 11 is 1.56. The monoisotopic (exact) mass is 359 g/mol. The van der Waals surface area contributed by atoms with Gasteiger partial charge in [-0.1, -0.05) is 30.3 Å². The number of carbonyl (C=O) groups is 1. The summed E-state index contributed by atoms with van der Waals surface area (Å²) in [6.07, 6.45) is 0. The molecule has 2 heterocycles. The van der Waals surface area contributed by atoms with Crippen molar-refractivity contribution in [3.8, 4) is 10.4 Å². The molecule has 3 rings (SSSR count). The lowest BCUT2D eigenvalue weighted by Gasteiger charge is -2.40. The highest BCUT2D eigenvalue weighted by Crippen LogP contribution is 2.30. The number of nitrogens with zero attached hydrogens (tertiary/aromatic N) is 2. The smallest absolute Gasteiger partial charge is 0.271 e. The van der Waals surface area contributed by atoms with E-state index in [0.717, 1.165) is 41.8 Å². The number of hydrogen-bond donors (Lipinski definition) is 1. The third-order valence-electron chi connectivity index (χ3n) is 4.53. The van der Waals surface area contributed by atoms with E-state index in [0.29, 0.717) is 12.2 Å². The molecule has 0 aliphatic carbocycles. The standard InChI is InChI=1S/C19H25N3O2S/c1-14-21-16(17(25-14)15-7-5-4-6-8-15)18(23)20-13-19(2,3)22-9-11-24-12-10-22/h4-8H,9-13H2,1-3H3,(H,20,23). The summed E-state index contributed by atoms with van der Waals surface area (Å²) in [4.78, 5) is 20.5. The van der Waals surface area contributed by atoms with Gasteiger partial charge >= 0.3 is 0 Å². The number of morpholine rings is 1. The van der Waals surface area contributed by atoms with Crippen molar-refractivity contribution in [2.75, 3.05) is 32.8 Å². The van der Waals surface area contributed by atoms with E-state index in [4.69, 9.17) is 4.74 Å². The van der Waals surface area contributed by atoms with Crippen molar-refractivity contribution in [3.63, 3.8) is 0 Å². The number of benzene rings is 1. The van der Waals surface area contributed by atoms with E-state index in [9.17, 15) is 4.79 Å². The normalized spacial score (nSPS) is 16.0. The number of nitrogens with one attached hydrogen (secondary N) is 1. The Morgan fingerprint density at radius 2 is 1.96 bits per heavy atom. The molecular formula is C19H25N3O2S. The quantitative estimate of drug-likeness (QED) is 0.892. The number of aromatic nitrogens is 1. The second kappa shape index (κ2) is 7.64. The van der Waals surface area contributed by atoms with Gasteiger partial charge in [-0.3, -0.25) is 9.69 Å². The fourth-order valence-electron chi connectivity index (χ4n) is 3.03. The fourth-order valence-corrected chi connectivity index (χ4v) is 3.95. The fraction of sp³-hybridized carbons (Fsp3) is 0.474. The van der Waals surface area contributed by atoms with Gasteiger partial charge in [0.05, 0.1) is 23.1 Å². The maximum atomic E-state index is 12.8. The molecular weight excluding hydrogens is 334 g/mol. The minimum Gasteiger partial charge on any atom is -0.379 e. The minimum atomic E-state index is -0.114. The van der Waals surface area contributed by atoms with Crippen LogP contribution in [0.1, 0.15) is 29.3 Å². The molecule has 0 unspecified atom stereocenters. The van der Waals surface area contributed by atoms with Crippen LogP contribution in [0.2, 0.25) is 0 Å². The zero-order chi connectivity index (χ0) is 17.9. The van der Waals surface area contributed by atoms with Gasteiger partial charge in [-0.15, -0.1) is 11.3 Å². The Morgan fingerprint density at radius 1 is 1.28 bits per heavy atom. The van der Waals surface area contributed by atoms with E-state index >= 15 is 0 Å². The summed E-state index contributed by atoms with van der Waals surface area (Å²) in [6.45, 7) is 10.1. The van der Waals surface area contributed by atoms with E-state index in [1.54, 1.807) is 11.3 Å². The van der Waals surface area contributed by atoms with Crippen molar-refractivity contribution < 1.29 is 9.53 Å². The minimum absolute atomic E-state index is 0.107. The number of aryl methyl sites for hydroxylation is 1. The molecule has 25 heavy (non-hydrogen) atoms. The van der Waals surface area contributed by atoms with Gasteiger partial charge in [-0.05, 0) is 26.3 Å². The van der Waals surface area contributed by atoms with E-state index in [2.05, 4.69) is 29.0 Å². The second-order valence-electron chi connectivity index (χ2n) is 6.87. The van der Waals surface area contributed by atoms with E-state index < -0.39 is 0 Å². The summed E-state index contributed by atoms with van der Waals surface area (Å²) in [5.41, 5.74) is 1.44. The molecule has 6 heteroatoms. The van der Waals surface area contributed by atoms with Crippen molar-refractivity contribution in [1.29, 1.82) is 0 Å². The average molecular weight is 359 g/mol. The molecule has 0 saturated carbocycles. The first-order chi connectivity index (χ1) is 12.0. The molecule has 1 amide bonds. The van der Waals surface area contributed by atoms with Crippen LogP contribution in [0, 0.1) is 6.92 Å². The Morgan fingerprint density at radius 3 is 2.64 bits per heavy atom. The molecule has 1 fully saturated rings. The van der Waals surface area contributed by atoms with Crippen molar-refractivity contribution in [1.82, 2.24) is 15.2 Å². The zero-order valence-corrected chi connectivity index (χ0v) is 15.9.